The van der Waals surface area contributed by atoms with Gasteiger partial charge in [-0.15, -0.1) is 0 Å². The van der Waals surface area contributed by atoms with E-state index >= 15 is 0 Å². The van der Waals surface area contributed by atoms with Crippen LogP contribution in [0.25, 0.3) is 11.0 Å². The minimum absolute atomic E-state index is 0.119. The van der Waals surface area contributed by atoms with Crippen molar-refractivity contribution >= 4 is 33.8 Å². The maximum absolute atomic E-state index is 12.1. The fourth-order valence-electron chi connectivity index (χ4n) is 2.85. The Labute approximate surface area is 139 Å². The molecule has 1 aromatic heterocycles. The van der Waals surface area contributed by atoms with Crippen LogP contribution in [-0.4, -0.2) is 44.7 Å². The third-order valence-electron chi connectivity index (χ3n) is 4.02. The van der Waals surface area contributed by atoms with Gasteiger partial charge in [0.25, 0.3) is 0 Å². The fourth-order valence-corrected chi connectivity index (χ4v) is 3.54. The Kier molecular flexibility index (Phi) is 4.91. The van der Waals surface area contributed by atoms with Gasteiger partial charge in [-0.05, 0) is 30.0 Å². The zero-order chi connectivity index (χ0) is 16.2. The number of fused-ring (bicyclic) bond motifs is 1. The summed E-state index contributed by atoms with van der Waals surface area (Å²) >= 11 is 1.32. The first-order chi connectivity index (χ1) is 11.1. The van der Waals surface area contributed by atoms with Crippen molar-refractivity contribution in [3.63, 3.8) is 0 Å². The molecule has 0 spiro atoms. The number of nitrogens with zero attached hydrogens (tertiary/aromatic N) is 3. The van der Waals surface area contributed by atoms with Crippen molar-refractivity contribution in [1.82, 2.24) is 14.9 Å². The van der Waals surface area contributed by atoms with E-state index in [4.69, 9.17) is 0 Å². The molecule has 120 valence electrons. The quantitative estimate of drug-likeness (QED) is 0.842. The molecular weight excluding hydrogens is 310 g/mol. The smallest absolute Gasteiger partial charge is 0.222 e. The van der Waals surface area contributed by atoms with Gasteiger partial charge < -0.3 is 4.90 Å². The molecule has 0 bridgehead atoms. The van der Waals surface area contributed by atoms with E-state index in [1.165, 1.54) is 11.8 Å². The number of aromatic nitrogens is 2. The molecule has 1 atom stereocenters. The molecule has 0 aliphatic carbocycles. The van der Waals surface area contributed by atoms with Crippen LogP contribution in [0.1, 0.15) is 18.9 Å². The van der Waals surface area contributed by atoms with E-state index in [1.807, 2.05) is 23.1 Å². The summed E-state index contributed by atoms with van der Waals surface area (Å²) in [6.07, 6.45) is 4.74. The van der Waals surface area contributed by atoms with Crippen molar-refractivity contribution in [1.29, 1.82) is 0 Å². The van der Waals surface area contributed by atoms with Crippen LogP contribution < -0.4 is 0 Å². The minimum atomic E-state index is 0.119. The van der Waals surface area contributed by atoms with Crippen molar-refractivity contribution in [2.24, 2.45) is 5.92 Å². The molecule has 1 aromatic carbocycles. The molecule has 5 nitrogen and oxygen atoms in total. The molecule has 1 amide bonds. The topological polar surface area (TPSA) is 63.2 Å². The second-order valence-corrected chi connectivity index (χ2v) is 7.04. The lowest BCUT2D eigenvalue weighted by Gasteiger charge is -2.16. The van der Waals surface area contributed by atoms with Crippen LogP contribution in [0.4, 0.5) is 0 Å². The highest BCUT2D eigenvalue weighted by molar-refractivity contribution is 8.13. The Hall–Kier alpha value is -1.95. The SMILES string of the molecule is CC(=O)SCC1CC(=O)N(CCc2ccc3nccnc3c2)C1. The Morgan fingerprint density at radius 2 is 2.09 bits per heavy atom. The van der Waals surface area contributed by atoms with Crippen molar-refractivity contribution in [3.05, 3.63) is 36.2 Å². The maximum atomic E-state index is 12.1. The molecule has 0 saturated carbocycles. The third-order valence-corrected chi connectivity index (χ3v) is 5.07. The summed E-state index contributed by atoms with van der Waals surface area (Å²) in [5.41, 5.74) is 2.93. The van der Waals surface area contributed by atoms with Crippen LogP contribution in [0, 0.1) is 5.92 Å². The number of hydrogen-bond acceptors (Lipinski definition) is 5. The maximum Gasteiger partial charge on any atom is 0.222 e. The third kappa shape index (κ3) is 4.07. The number of carbonyl (C=O) groups is 2. The van der Waals surface area contributed by atoms with Gasteiger partial charge in [0.15, 0.2) is 5.12 Å². The average molecular weight is 329 g/mol. The lowest BCUT2D eigenvalue weighted by atomic mass is 10.1. The van der Waals surface area contributed by atoms with Crippen LogP contribution in [0.5, 0.6) is 0 Å². The second-order valence-electron chi connectivity index (χ2n) is 5.84. The van der Waals surface area contributed by atoms with Crippen LogP contribution in [0.3, 0.4) is 0 Å². The molecular formula is C17H19N3O2S. The number of carbonyl (C=O) groups excluding carboxylic acids is 2. The molecule has 1 unspecified atom stereocenters. The van der Waals surface area contributed by atoms with Crippen molar-refractivity contribution < 1.29 is 9.59 Å². The normalized spacial score (nSPS) is 17.9. The van der Waals surface area contributed by atoms with Gasteiger partial charge in [0.1, 0.15) is 0 Å². The van der Waals surface area contributed by atoms with Gasteiger partial charge in [0.2, 0.25) is 5.91 Å². The summed E-state index contributed by atoms with van der Waals surface area (Å²) in [5, 5.41) is 0.119. The van der Waals surface area contributed by atoms with Gasteiger partial charge in [0.05, 0.1) is 11.0 Å². The zero-order valence-electron chi connectivity index (χ0n) is 13.1. The first-order valence-corrected chi connectivity index (χ1v) is 8.71. The van der Waals surface area contributed by atoms with Gasteiger partial charge in [-0.25, -0.2) is 0 Å². The number of amides is 1. The van der Waals surface area contributed by atoms with Crippen molar-refractivity contribution in [2.75, 3.05) is 18.8 Å². The lowest BCUT2D eigenvalue weighted by Crippen LogP contribution is -2.27. The van der Waals surface area contributed by atoms with E-state index in [0.717, 1.165) is 35.3 Å². The Balaban J connectivity index is 1.56. The van der Waals surface area contributed by atoms with Crippen LogP contribution >= 0.6 is 11.8 Å². The van der Waals surface area contributed by atoms with Crippen molar-refractivity contribution in [2.45, 2.75) is 19.8 Å². The lowest BCUT2D eigenvalue weighted by molar-refractivity contribution is -0.127. The fraction of sp³-hybridized carbons (Fsp3) is 0.412. The number of likely N-dealkylation sites (tertiary alicyclic amines) is 1. The van der Waals surface area contributed by atoms with E-state index in [1.54, 1.807) is 19.3 Å². The minimum Gasteiger partial charge on any atom is -0.342 e. The van der Waals surface area contributed by atoms with Gasteiger partial charge in [0, 0.05) is 44.6 Å². The van der Waals surface area contributed by atoms with Crippen LogP contribution in [0.15, 0.2) is 30.6 Å². The molecule has 1 saturated heterocycles. The summed E-state index contributed by atoms with van der Waals surface area (Å²) in [6, 6.07) is 6.04. The van der Waals surface area contributed by atoms with Gasteiger partial charge in [-0.1, -0.05) is 17.8 Å². The Morgan fingerprint density at radius 3 is 2.87 bits per heavy atom. The monoisotopic (exact) mass is 329 g/mol. The predicted octanol–water partition coefficient (Wildman–Crippen LogP) is 2.30. The zero-order valence-corrected chi connectivity index (χ0v) is 13.9. The summed E-state index contributed by atoms with van der Waals surface area (Å²) < 4.78 is 0. The van der Waals surface area contributed by atoms with E-state index in [2.05, 4.69) is 9.97 Å². The molecule has 2 aromatic rings. The first kappa shape index (κ1) is 15.9. The van der Waals surface area contributed by atoms with Crippen molar-refractivity contribution in [3.8, 4) is 0 Å². The summed E-state index contributed by atoms with van der Waals surface area (Å²) in [7, 11) is 0. The van der Waals surface area contributed by atoms with E-state index in [0.29, 0.717) is 18.9 Å². The largest absolute Gasteiger partial charge is 0.342 e. The summed E-state index contributed by atoms with van der Waals surface area (Å²) in [6.45, 7) is 3.04. The van der Waals surface area contributed by atoms with E-state index in [-0.39, 0.29) is 11.0 Å². The Bertz CT molecular complexity index is 735. The molecule has 3 rings (SSSR count). The number of hydrogen-bond donors (Lipinski definition) is 0. The second kappa shape index (κ2) is 7.08. The van der Waals surface area contributed by atoms with Gasteiger partial charge in [-0.2, -0.15) is 0 Å². The molecule has 1 aliphatic rings. The van der Waals surface area contributed by atoms with Crippen LogP contribution in [-0.2, 0) is 16.0 Å². The summed E-state index contributed by atoms with van der Waals surface area (Å²) in [4.78, 5) is 33.6. The average Bonchev–Trinajstić information content (AvgIpc) is 2.91. The molecule has 1 aliphatic heterocycles. The highest BCUT2D eigenvalue weighted by atomic mass is 32.2. The predicted molar refractivity (Wildman–Crippen MR) is 91.1 cm³/mol. The standard InChI is InChI=1S/C17H19N3O2S/c1-12(21)23-11-14-9-17(22)20(10-14)7-4-13-2-3-15-16(8-13)19-6-5-18-15/h2-3,5-6,8,14H,4,7,9-11H2,1H3. The number of benzene rings is 1. The van der Waals surface area contributed by atoms with E-state index < -0.39 is 0 Å². The van der Waals surface area contributed by atoms with Crippen LogP contribution in [0.2, 0.25) is 0 Å². The Morgan fingerprint density at radius 1 is 1.30 bits per heavy atom. The highest BCUT2D eigenvalue weighted by Crippen LogP contribution is 2.22. The number of rotatable bonds is 5. The first-order valence-electron chi connectivity index (χ1n) is 7.72. The summed E-state index contributed by atoms with van der Waals surface area (Å²) in [5.74, 6) is 1.22. The molecule has 0 N–H and O–H groups in total. The van der Waals surface area contributed by atoms with Gasteiger partial charge in [-0.3, -0.25) is 19.6 Å². The molecule has 23 heavy (non-hydrogen) atoms. The molecule has 1 fully saturated rings. The molecule has 6 heteroatoms. The highest BCUT2D eigenvalue weighted by Gasteiger charge is 2.29. The molecule has 2 heterocycles. The van der Waals surface area contributed by atoms with E-state index in [9.17, 15) is 9.59 Å². The number of thioether (sulfide) groups is 1. The van der Waals surface area contributed by atoms with Gasteiger partial charge >= 0.3 is 0 Å². The molecule has 0 radical (unpaired) electrons.